The van der Waals surface area contributed by atoms with Crippen LogP contribution in [0.3, 0.4) is 0 Å². The van der Waals surface area contributed by atoms with Crippen LogP contribution in [0.1, 0.15) is 29.2 Å². The van der Waals surface area contributed by atoms with Gasteiger partial charge in [0.05, 0.1) is 0 Å². The Balaban J connectivity index is 1.56. The summed E-state index contributed by atoms with van der Waals surface area (Å²) in [6.07, 6.45) is -0.679. The average Bonchev–Trinajstić information content (AvgIpc) is 3.12. The number of aromatic nitrogens is 2. The molecule has 8 heteroatoms. The molecule has 5 nitrogen and oxygen atoms in total. The maximum absolute atomic E-state index is 12.5. The van der Waals surface area contributed by atoms with E-state index in [1.54, 1.807) is 18.7 Å². The number of halogens is 1. The van der Waals surface area contributed by atoms with Gasteiger partial charge in [0.25, 0.3) is 5.91 Å². The zero-order valence-electron chi connectivity index (χ0n) is 16.7. The van der Waals surface area contributed by atoms with Crippen molar-refractivity contribution < 1.29 is 9.53 Å². The van der Waals surface area contributed by atoms with Crippen molar-refractivity contribution in [2.75, 3.05) is 5.32 Å². The first-order valence-corrected chi connectivity index (χ1v) is 11.3. The van der Waals surface area contributed by atoms with E-state index in [0.717, 1.165) is 21.2 Å². The monoisotopic (exact) mass is 447 g/mol. The van der Waals surface area contributed by atoms with Gasteiger partial charge in [-0.2, -0.15) is 0 Å². The molecule has 0 radical (unpaired) electrons. The SMILES string of the molecule is Cc1ccccc1CSc1nnc(NC(=O)C(C)Oc2cc(C)c(Cl)c(C)c2)s1. The molecule has 0 aliphatic rings. The summed E-state index contributed by atoms with van der Waals surface area (Å²) in [5.74, 6) is 1.14. The molecule has 1 atom stereocenters. The fourth-order valence-corrected chi connectivity index (χ4v) is 4.61. The van der Waals surface area contributed by atoms with E-state index in [1.165, 1.54) is 22.5 Å². The Bertz CT molecular complexity index is 1000. The second-order valence-electron chi connectivity index (χ2n) is 6.71. The van der Waals surface area contributed by atoms with Crippen LogP contribution >= 0.6 is 34.7 Å². The van der Waals surface area contributed by atoms with Crippen LogP contribution in [-0.2, 0) is 10.5 Å². The highest BCUT2D eigenvalue weighted by Gasteiger charge is 2.18. The molecule has 29 heavy (non-hydrogen) atoms. The van der Waals surface area contributed by atoms with Crippen molar-refractivity contribution in [1.82, 2.24) is 10.2 Å². The van der Waals surface area contributed by atoms with E-state index in [1.807, 2.05) is 38.1 Å². The fourth-order valence-electron chi connectivity index (χ4n) is 2.67. The van der Waals surface area contributed by atoms with Gasteiger partial charge in [-0.15, -0.1) is 10.2 Å². The van der Waals surface area contributed by atoms with Gasteiger partial charge in [-0.05, 0) is 62.1 Å². The van der Waals surface area contributed by atoms with E-state index in [2.05, 4.69) is 34.6 Å². The zero-order chi connectivity index (χ0) is 21.0. The van der Waals surface area contributed by atoms with Crippen LogP contribution in [0.5, 0.6) is 5.75 Å². The molecule has 1 unspecified atom stereocenters. The molecule has 152 valence electrons. The van der Waals surface area contributed by atoms with Gasteiger partial charge in [0.2, 0.25) is 5.13 Å². The lowest BCUT2D eigenvalue weighted by Crippen LogP contribution is -2.30. The predicted octanol–water partition coefficient (Wildman–Crippen LogP) is 5.82. The van der Waals surface area contributed by atoms with Gasteiger partial charge in [0.1, 0.15) is 5.75 Å². The Morgan fingerprint density at radius 2 is 1.86 bits per heavy atom. The summed E-state index contributed by atoms with van der Waals surface area (Å²) in [5, 5.41) is 12.2. The average molecular weight is 448 g/mol. The highest BCUT2D eigenvalue weighted by atomic mass is 35.5. The molecule has 1 heterocycles. The normalized spacial score (nSPS) is 11.9. The van der Waals surface area contributed by atoms with Crippen LogP contribution in [-0.4, -0.2) is 22.2 Å². The summed E-state index contributed by atoms with van der Waals surface area (Å²) >= 11 is 9.13. The molecule has 0 aliphatic carbocycles. The molecule has 0 saturated heterocycles. The van der Waals surface area contributed by atoms with Crippen molar-refractivity contribution in [3.8, 4) is 5.75 Å². The summed E-state index contributed by atoms with van der Waals surface area (Å²) in [5.41, 5.74) is 4.33. The molecule has 0 bridgehead atoms. The summed E-state index contributed by atoms with van der Waals surface area (Å²) in [6.45, 7) is 7.60. The standard InChI is InChI=1S/C21H22ClN3O2S2/c1-12-7-5-6-8-16(12)11-28-21-25-24-20(29-21)23-19(26)15(4)27-17-9-13(2)18(22)14(3)10-17/h5-10,15H,11H2,1-4H3,(H,23,24,26). The van der Waals surface area contributed by atoms with E-state index >= 15 is 0 Å². The van der Waals surface area contributed by atoms with Crippen molar-refractivity contribution in [3.05, 3.63) is 63.7 Å². The van der Waals surface area contributed by atoms with Crippen molar-refractivity contribution in [2.45, 2.75) is 43.9 Å². The molecule has 1 amide bonds. The summed E-state index contributed by atoms with van der Waals surface area (Å²) in [6, 6.07) is 11.9. The van der Waals surface area contributed by atoms with Gasteiger partial charge < -0.3 is 4.74 Å². The number of nitrogens with zero attached hydrogens (tertiary/aromatic N) is 2. The van der Waals surface area contributed by atoms with E-state index in [0.29, 0.717) is 15.9 Å². The molecular formula is C21H22ClN3O2S2. The number of carbonyl (C=O) groups is 1. The lowest BCUT2D eigenvalue weighted by Gasteiger charge is -2.15. The number of amides is 1. The third-order valence-corrected chi connectivity index (χ3v) is 6.96. The number of nitrogens with one attached hydrogen (secondary N) is 1. The molecule has 1 aromatic heterocycles. The molecule has 1 N–H and O–H groups in total. The minimum absolute atomic E-state index is 0.276. The summed E-state index contributed by atoms with van der Waals surface area (Å²) < 4.78 is 6.58. The van der Waals surface area contributed by atoms with Crippen molar-refractivity contribution in [3.63, 3.8) is 0 Å². The van der Waals surface area contributed by atoms with Crippen LogP contribution in [0.4, 0.5) is 5.13 Å². The lowest BCUT2D eigenvalue weighted by molar-refractivity contribution is -0.122. The van der Waals surface area contributed by atoms with Crippen LogP contribution in [0, 0.1) is 20.8 Å². The molecule has 0 fully saturated rings. The molecule has 3 aromatic rings. The number of hydrogen-bond acceptors (Lipinski definition) is 6. The number of anilines is 1. The predicted molar refractivity (Wildman–Crippen MR) is 120 cm³/mol. The van der Waals surface area contributed by atoms with E-state index < -0.39 is 6.10 Å². The van der Waals surface area contributed by atoms with E-state index in [-0.39, 0.29) is 5.91 Å². The lowest BCUT2D eigenvalue weighted by atomic mass is 10.1. The second kappa shape index (κ2) is 9.61. The van der Waals surface area contributed by atoms with Crippen molar-refractivity contribution in [1.29, 1.82) is 0 Å². The quantitative estimate of drug-likeness (QED) is 0.365. The molecule has 0 aliphatic heterocycles. The first-order chi connectivity index (χ1) is 13.8. The van der Waals surface area contributed by atoms with Gasteiger partial charge in [0, 0.05) is 10.8 Å². The highest BCUT2D eigenvalue weighted by molar-refractivity contribution is 8.00. The van der Waals surface area contributed by atoms with Gasteiger partial charge >= 0.3 is 0 Å². The maximum atomic E-state index is 12.5. The van der Waals surface area contributed by atoms with Crippen molar-refractivity contribution >= 4 is 45.7 Å². The Kier molecular flexibility index (Phi) is 7.16. The molecule has 3 rings (SSSR count). The Hall–Kier alpha value is -2.09. The number of carbonyl (C=O) groups excluding carboxylic acids is 1. The number of ether oxygens (including phenoxy) is 1. The Labute approximate surface area is 183 Å². The molecule has 0 spiro atoms. The van der Waals surface area contributed by atoms with Gasteiger partial charge in [-0.25, -0.2) is 0 Å². The van der Waals surface area contributed by atoms with E-state index in [4.69, 9.17) is 16.3 Å². The molecular weight excluding hydrogens is 426 g/mol. The fraction of sp³-hybridized carbons (Fsp3) is 0.286. The van der Waals surface area contributed by atoms with E-state index in [9.17, 15) is 4.79 Å². The highest BCUT2D eigenvalue weighted by Crippen LogP contribution is 2.30. The van der Waals surface area contributed by atoms with Gasteiger partial charge in [0.15, 0.2) is 10.4 Å². The molecule has 0 saturated carbocycles. The topological polar surface area (TPSA) is 64.1 Å². The van der Waals surface area contributed by atoms with Crippen LogP contribution < -0.4 is 10.1 Å². The molecule has 2 aromatic carbocycles. The number of hydrogen-bond donors (Lipinski definition) is 1. The number of rotatable bonds is 7. The summed E-state index contributed by atoms with van der Waals surface area (Å²) in [7, 11) is 0. The Morgan fingerprint density at radius 3 is 2.55 bits per heavy atom. The minimum atomic E-state index is -0.679. The smallest absolute Gasteiger partial charge is 0.266 e. The van der Waals surface area contributed by atoms with Crippen molar-refractivity contribution in [2.24, 2.45) is 0 Å². The first kappa shape index (κ1) is 21.6. The van der Waals surface area contributed by atoms with Crippen LogP contribution in [0.2, 0.25) is 5.02 Å². The second-order valence-corrected chi connectivity index (χ2v) is 9.29. The largest absolute Gasteiger partial charge is 0.481 e. The zero-order valence-corrected chi connectivity index (χ0v) is 19.0. The van der Waals surface area contributed by atoms with Gasteiger partial charge in [-0.1, -0.05) is 59.0 Å². The minimum Gasteiger partial charge on any atom is -0.481 e. The maximum Gasteiger partial charge on any atom is 0.266 e. The van der Waals surface area contributed by atoms with Crippen LogP contribution in [0.25, 0.3) is 0 Å². The first-order valence-electron chi connectivity index (χ1n) is 9.08. The number of benzene rings is 2. The summed E-state index contributed by atoms with van der Waals surface area (Å²) in [4.78, 5) is 12.5. The Morgan fingerprint density at radius 1 is 1.17 bits per heavy atom. The third kappa shape index (κ3) is 5.72. The van der Waals surface area contributed by atoms with Gasteiger partial charge in [-0.3, -0.25) is 10.1 Å². The van der Waals surface area contributed by atoms with Crippen LogP contribution in [0.15, 0.2) is 40.7 Å². The number of aryl methyl sites for hydroxylation is 3. The third-order valence-electron chi connectivity index (χ3n) is 4.34. The number of thioether (sulfide) groups is 1.